The van der Waals surface area contributed by atoms with Crippen molar-refractivity contribution in [2.45, 2.75) is 53.4 Å². The molecule has 0 bridgehead atoms. The van der Waals surface area contributed by atoms with E-state index in [1.807, 2.05) is 0 Å². The van der Waals surface area contributed by atoms with Gasteiger partial charge >= 0.3 is 0 Å². The van der Waals surface area contributed by atoms with Crippen molar-refractivity contribution < 1.29 is 0 Å². The summed E-state index contributed by atoms with van der Waals surface area (Å²) in [6.45, 7) is 9.69. The van der Waals surface area contributed by atoms with Crippen molar-refractivity contribution in [1.82, 2.24) is 0 Å². The second-order valence-electron chi connectivity index (χ2n) is 6.31. The molecular weight excluding hydrogens is 168 g/mol. The maximum absolute atomic E-state index is 2.46. The van der Waals surface area contributed by atoms with E-state index in [0.717, 1.165) is 35.5 Å². The normalized spacial score (nSPS) is 47.4. The first kappa shape index (κ1) is 10.5. The third-order valence-electron chi connectivity index (χ3n) is 5.25. The highest BCUT2D eigenvalue weighted by Gasteiger charge is 2.40. The minimum absolute atomic E-state index is 0.932. The zero-order valence-corrected chi connectivity index (χ0v) is 10.3. The molecule has 2 rings (SSSR count). The van der Waals surface area contributed by atoms with Gasteiger partial charge in [0, 0.05) is 0 Å². The van der Waals surface area contributed by atoms with Gasteiger partial charge in [-0.3, -0.25) is 0 Å². The van der Waals surface area contributed by atoms with Gasteiger partial charge in [-0.2, -0.15) is 0 Å². The molecule has 0 aromatic rings. The molecule has 82 valence electrons. The van der Waals surface area contributed by atoms with Crippen molar-refractivity contribution in [3.63, 3.8) is 0 Å². The van der Waals surface area contributed by atoms with Gasteiger partial charge in [0.15, 0.2) is 0 Å². The monoisotopic (exact) mass is 194 g/mol. The highest BCUT2D eigenvalue weighted by Crippen LogP contribution is 2.50. The van der Waals surface area contributed by atoms with Gasteiger partial charge in [0.25, 0.3) is 0 Å². The average Bonchev–Trinajstić information content (AvgIpc) is 2.08. The fourth-order valence-electron chi connectivity index (χ4n) is 3.64. The van der Waals surface area contributed by atoms with Crippen molar-refractivity contribution in [3.05, 3.63) is 0 Å². The van der Waals surface area contributed by atoms with Crippen molar-refractivity contribution in [2.75, 3.05) is 0 Å². The van der Waals surface area contributed by atoms with Crippen LogP contribution in [0.2, 0.25) is 0 Å². The van der Waals surface area contributed by atoms with Gasteiger partial charge < -0.3 is 0 Å². The smallest absolute Gasteiger partial charge is 0.0362 e. The molecule has 5 atom stereocenters. The molecule has 2 saturated carbocycles. The molecule has 0 heteroatoms. The standard InChI is InChI=1S/C14H26/c1-9(2)14-6-5-12(14)8-13-7-10(3)11(13)4/h9-14H,5-8H2,1-4H3. The van der Waals surface area contributed by atoms with E-state index < -0.39 is 0 Å². The largest absolute Gasteiger partial charge is 0.0625 e. The minimum atomic E-state index is 0.932. The molecule has 0 radical (unpaired) electrons. The first-order valence-corrected chi connectivity index (χ1v) is 6.59. The average molecular weight is 194 g/mol. The van der Waals surface area contributed by atoms with Crippen LogP contribution in [-0.4, -0.2) is 0 Å². The lowest BCUT2D eigenvalue weighted by atomic mass is 9.58. The molecule has 14 heavy (non-hydrogen) atoms. The Labute approximate surface area is 89.5 Å². The third kappa shape index (κ3) is 1.73. The van der Waals surface area contributed by atoms with Crippen LogP contribution in [0.15, 0.2) is 0 Å². The molecule has 0 spiro atoms. The maximum Gasteiger partial charge on any atom is -0.0362 e. The highest BCUT2D eigenvalue weighted by molar-refractivity contribution is 4.90. The molecule has 5 unspecified atom stereocenters. The van der Waals surface area contributed by atoms with Crippen LogP contribution in [0.4, 0.5) is 0 Å². The first-order chi connectivity index (χ1) is 6.59. The molecule has 2 aliphatic rings. The Balaban J connectivity index is 1.76. The van der Waals surface area contributed by atoms with Gasteiger partial charge in [-0.15, -0.1) is 0 Å². The van der Waals surface area contributed by atoms with Crippen LogP contribution in [0.5, 0.6) is 0 Å². The van der Waals surface area contributed by atoms with Gasteiger partial charge in [0.05, 0.1) is 0 Å². The van der Waals surface area contributed by atoms with Crippen molar-refractivity contribution in [1.29, 1.82) is 0 Å². The van der Waals surface area contributed by atoms with Crippen LogP contribution in [0.3, 0.4) is 0 Å². The molecule has 0 nitrogen and oxygen atoms in total. The van der Waals surface area contributed by atoms with Crippen LogP contribution in [0, 0.1) is 35.5 Å². The number of hydrogen-bond donors (Lipinski definition) is 0. The third-order valence-corrected chi connectivity index (χ3v) is 5.25. The van der Waals surface area contributed by atoms with E-state index in [9.17, 15) is 0 Å². The van der Waals surface area contributed by atoms with Gasteiger partial charge in [-0.25, -0.2) is 0 Å². The number of hydrogen-bond acceptors (Lipinski definition) is 0. The Bertz CT molecular complexity index is 194. The summed E-state index contributed by atoms with van der Waals surface area (Å²) in [5, 5.41) is 0. The summed E-state index contributed by atoms with van der Waals surface area (Å²) in [7, 11) is 0. The molecule has 2 fully saturated rings. The zero-order valence-electron chi connectivity index (χ0n) is 10.3. The van der Waals surface area contributed by atoms with Gasteiger partial charge in [0.1, 0.15) is 0 Å². The second-order valence-corrected chi connectivity index (χ2v) is 6.31. The lowest BCUT2D eigenvalue weighted by molar-refractivity contribution is 0.0235. The summed E-state index contributed by atoms with van der Waals surface area (Å²) in [6.07, 6.45) is 6.11. The van der Waals surface area contributed by atoms with Gasteiger partial charge in [-0.05, 0) is 61.2 Å². The summed E-state index contributed by atoms with van der Waals surface area (Å²) in [5.74, 6) is 6.20. The first-order valence-electron chi connectivity index (χ1n) is 6.59. The van der Waals surface area contributed by atoms with E-state index >= 15 is 0 Å². The maximum atomic E-state index is 2.46. The Kier molecular flexibility index (Phi) is 2.91. The van der Waals surface area contributed by atoms with Crippen LogP contribution in [-0.2, 0) is 0 Å². The SMILES string of the molecule is CC(C)C1CCC1CC1CC(C)C1C. The van der Waals surface area contributed by atoms with Crippen LogP contribution < -0.4 is 0 Å². The zero-order chi connectivity index (χ0) is 10.3. The molecule has 0 aliphatic heterocycles. The van der Waals surface area contributed by atoms with E-state index in [4.69, 9.17) is 0 Å². The highest BCUT2D eigenvalue weighted by atomic mass is 14.5. The molecular formula is C14H26. The van der Waals surface area contributed by atoms with Crippen LogP contribution in [0.1, 0.15) is 53.4 Å². The summed E-state index contributed by atoms with van der Waals surface area (Å²) < 4.78 is 0. The summed E-state index contributed by atoms with van der Waals surface area (Å²) in [4.78, 5) is 0. The predicted octanol–water partition coefficient (Wildman–Crippen LogP) is 4.35. The van der Waals surface area contributed by atoms with Crippen molar-refractivity contribution in [3.8, 4) is 0 Å². The summed E-state index contributed by atoms with van der Waals surface area (Å²) in [5.41, 5.74) is 0. The molecule has 0 heterocycles. The minimum Gasteiger partial charge on any atom is -0.0625 e. The molecule has 0 amide bonds. The van der Waals surface area contributed by atoms with Crippen LogP contribution >= 0.6 is 0 Å². The fraction of sp³-hybridized carbons (Fsp3) is 1.00. The van der Waals surface area contributed by atoms with Gasteiger partial charge in [-0.1, -0.05) is 27.7 Å². The molecule has 0 aromatic heterocycles. The Morgan fingerprint density at radius 3 is 2.14 bits per heavy atom. The quantitative estimate of drug-likeness (QED) is 0.626. The van der Waals surface area contributed by atoms with E-state index in [1.54, 1.807) is 6.42 Å². The Morgan fingerprint density at radius 1 is 1.07 bits per heavy atom. The van der Waals surface area contributed by atoms with Crippen molar-refractivity contribution in [2.24, 2.45) is 35.5 Å². The fourth-order valence-corrected chi connectivity index (χ4v) is 3.64. The van der Waals surface area contributed by atoms with E-state index in [2.05, 4.69) is 27.7 Å². The predicted molar refractivity (Wildman–Crippen MR) is 62.1 cm³/mol. The Morgan fingerprint density at radius 2 is 1.79 bits per heavy atom. The summed E-state index contributed by atoms with van der Waals surface area (Å²) in [6, 6.07) is 0. The number of rotatable bonds is 3. The topological polar surface area (TPSA) is 0 Å². The lowest BCUT2D eigenvalue weighted by Gasteiger charge is -2.48. The van der Waals surface area contributed by atoms with Crippen LogP contribution in [0.25, 0.3) is 0 Å². The summed E-state index contributed by atoms with van der Waals surface area (Å²) >= 11 is 0. The molecule has 0 N–H and O–H groups in total. The van der Waals surface area contributed by atoms with E-state index in [1.165, 1.54) is 19.3 Å². The molecule has 2 aliphatic carbocycles. The Hall–Kier alpha value is 0. The van der Waals surface area contributed by atoms with E-state index in [-0.39, 0.29) is 0 Å². The van der Waals surface area contributed by atoms with E-state index in [0.29, 0.717) is 0 Å². The molecule has 0 saturated heterocycles. The second kappa shape index (κ2) is 3.87. The lowest BCUT2D eigenvalue weighted by Crippen LogP contribution is -2.39. The molecule has 0 aromatic carbocycles. The van der Waals surface area contributed by atoms with Crippen molar-refractivity contribution >= 4 is 0 Å². The van der Waals surface area contributed by atoms with Gasteiger partial charge in [0.2, 0.25) is 0 Å².